The van der Waals surface area contributed by atoms with Crippen molar-refractivity contribution in [2.45, 2.75) is 12.8 Å². The van der Waals surface area contributed by atoms with Crippen LogP contribution in [-0.2, 0) is 4.84 Å². The van der Waals surface area contributed by atoms with Crippen LogP contribution in [0.1, 0.15) is 12.8 Å². The van der Waals surface area contributed by atoms with E-state index in [1.165, 1.54) is 6.42 Å². The summed E-state index contributed by atoms with van der Waals surface area (Å²) < 4.78 is 0. The Morgan fingerprint density at radius 1 is 1.62 bits per heavy atom. The highest BCUT2D eigenvalue weighted by Gasteiger charge is 2.27. The first-order valence-electron chi connectivity index (χ1n) is 3.18. The molecule has 0 saturated carbocycles. The van der Waals surface area contributed by atoms with Gasteiger partial charge in [0.25, 0.3) is 0 Å². The van der Waals surface area contributed by atoms with Crippen LogP contribution in [-0.4, -0.2) is 18.2 Å². The third kappa shape index (κ3) is 0.644. The molecule has 2 unspecified atom stereocenters. The van der Waals surface area contributed by atoms with E-state index >= 15 is 0 Å². The summed E-state index contributed by atoms with van der Waals surface area (Å²) in [5.74, 6) is 0.906. The van der Waals surface area contributed by atoms with Crippen molar-refractivity contribution in [2.75, 3.05) is 13.1 Å². The maximum Gasteiger partial charge on any atom is 0.108 e. The van der Waals surface area contributed by atoms with Crippen LogP contribution in [0.5, 0.6) is 0 Å². The lowest BCUT2D eigenvalue weighted by Crippen LogP contribution is -2.24. The van der Waals surface area contributed by atoms with Crippen molar-refractivity contribution in [3.63, 3.8) is 0 Å². The standard InChI is InChI=1S/C6H10NO/c1-3-7-5-6(1)2-4-8-7/h4,6H,1-3,5H2. The Hall–Kier alpha value is -0.0800. The number of rotatable bonds is 0. The van der Waals surface area contributed by atoms with Gasteiger partial charge in [0.15, 0.2) is 0 Å². The molecule has 0 aromatic carbocycles. The van der Waals surface area contributed by atoms with Crippen molar-refractivity contribution in [1.82, 2.24) is 5.06 Å². The number of hydrogen-bond donors (Lipinski definition) is 0. The van der Waals surface area contributed by atoms with Crippen molar-refractivity contribution in [1.29, 1.82) is 0 Å². The Morgan fingerprint density at radius 3 is 3.38 bits per heavy atom. The maximum atomic E-state index is 5.18. The molecule has 2 aliphatic rings. The van der Waals surface area contributed by atoms with Crippen LogP contribution < -0.4 is 0 Å². The lowest BCUT2D eigenvalue weighted by molar-refractivity contribution is -0.129. The molecule has 0 N–H and O–H groups in total. The van der Waals surface area contributed by atoms with Crippen molar-refractivity contribution in [3.05, 3.63) is 6.61 Å². The van der Waals surface area contributed by atoms with E-state index in [9.17, 15) is 0 Å². The highest BCUT2D eigenvalue weighted by Crippen LogP contribution is 2.26. The molecule has 2 heteroatoms. The van der Waals surface area contributed by atoms with E-state index in [4.69, 9.17) is 4.84 Å². The van der Waals surface area contributed by atoms with Gasteiger partial charge in [-0.1, -0.05) is 0 Å². The fourth-order valence-corrected chi connectivity index (χ4v) is 1.37. The van der Waals surface area contributed by atoms with Gasteiger partial charge in [0.1, 0.15) is 6.61 Å². The van der Waals surface area contributed by atoms with Crippen LogP contribution in [0.4, 0.5) is 0 Å². The summed E-state index contributed by atoms with van der Waals surface area (Å²) in [6.07, 6.45) is 2.49. The Balaban J connectivity index is 2.03. The number of hydroxylamine groups is 2. The Bertz CT molecular complexity index is 80.5. The van der Waals surface area contributed by atoms with E-state index in [0.29, 0.717) is 0 Å². The summed E-state index contributed by atoms with van der Waals surface area (Å²) in [5.41, 5.74) is 0. The second-order valence-electron chi connectivity index (χ2n) is 2.55. The Kier molecular flexibility index (Phi) is 1.02. The first-order valence-corrected chi connectivity index (χ1v) is 3.18. The monoisotopic (exact) mass is 112 g/mol. The van der Waals surface area contributed by atoms with Gasteiger partial charge in [0.2, 0.25) is 0 Å². The summed E-state index contributed by atoms with van der Waals surface area (Å²) in [4.78, 5) is 5.18. The van der Waals surface area contributed by atoms with Crippen LogP contribution in [0, 0.1) is 12.5 Å². The summed E-state index contributed by atoms with van der Waals surface area (Å²) in [6, 6.07) is 0. The van der Waals surface area contributed by atoms with Gasteiger partial charge >= 0.3 is 0 Å². The largest absolute Gasteiger partial charge is 0.293 e. The molecule has 1 radical (unpaired) electrons. The van der Waals surface area contributed by atoms with E-state index in [1.54, 1.807) is 0 Å². The normalized spacial score (nSPS) is 45.0. The zero-order valence-corrected chi connectivity index (χ0v) is 4.84. The van der Waals surface area contributed by atoms with Crippen LogP contribution in [0.25, 0.3) is 0 Å². The smallest absolute Gasteiger partial charge is 0.108 e. The highest BCUT2D eigenvalue weighted by atomic mass is 16.7. The van der Waals surface area contributed by atoms with Gasteiger partial charge in [-0.2, -0.15) is 5.06 Å². The summed E-state index contributed by atoms with van der Waals surface area (Å²) >= 11 is 0. The number of fused-ring (bicyclic) bond motifs is 2. The molecule has 2 atom stereocenters. The van der Waals surface area contributed by atoms with E-state index in [0.717, 1.165) is 25.4 Å². The molecule has 0 amide bonds. The minimum Gasteiger partial charge on any atom is -0.293 e. The second kappa shape index (κ2) is 1.71. The molecule has 0 aliphatic carbocycles. The van der Waals surface area contributed by atoms with Gasteiger partial charge in [-0.25, -0.2) is 0 Å². The Labute approximate surface area is 49.4 Å². The number of hydrogen-bond acceptors (Lipinski definition) is 2. The van der Waals surface area contributed by atoms with Gasteiger partial charge in [0.05, 0.1) is 0 Å². The van der Waals surface area contributed by atoms with E-state index < -0.39 is 0 Å². The van der Waals surface area contributed by atoms with Crippen LogP contribution in [0.2, 0.25) is 0 Å². The molecule has 8 heavy (non-hydrogen) atoms. The van der Waals surface area contributed by atoms with Crippen molar-refractivity contribution in [3.8, 4) is 0 Å². The fraction of sp³-hybridized carbons (Fsp3) is 0.833. The van der Waals surface area contributed by atoms with E-state index in [2.05, 4.69) is 0 Å². The van der Waals surface area contributed by atoms with Crippen molar-refractivity contribution < 1.29 is 4.84 Å². The molecule has 2 nitrogen and oxygen atoms in total. The molecule has 2 fully saturated rings. The molecule has 45 valence electrons. The molecule has 2 saturated heterocycles. The SMILES string of the molecule is [CH]1CC2CCN(C2)O1. The quantitative estimate of drug-likeness (QED) is 0.459. The molecular formula is C6H10NO. The van der Waals surface area contributed by atoms with Gasteiger partial charge in [-0.3, -0.25) is 4.84 Å². The average molecular weight is 112 g/mol. The van der Waals surface area contributed by atoms with E-state index in [-0.39, 0.29) is 0 Å². The molecular weight excluding hydrogens is 102 g/mol. The van der Waals surface area contributed by atoms with Gasteiger partial charge < -0.3 is 0 Å². The summed E-state index contributed by atoms with van der Waals surface area (Å²) in [6.45, 7) is 4.22. The molecule has 2 rings (SSSR count). The van der Waals surface area contributed by atoms with Gasteiger partial charge in [-0.05, 0) is 18.8 Å². The van der Waals surface area contributed by atoms with Crippen molar-refractivity contribution in [2.24, 2.45) is 5.92 Å². The lowest BCUT2D eigenvalue weighted by Gasteiger charge is -2.20. The second-order valence-corrected chi connectivity index (χ2v) is 2.55. The molecule has 0 aromatic heterocycles. The minimum atomic E-state index is 0.906. The highest BCUT2D eigenvalue weighted by molar-refractivity contribution is 4.77. The summed E-state index contributed by atoms with van der Waals surface area (Å²) in [5, 5.41) is 2.04. The predicted octanol–water partition coefficient (Wildman–Crippen LogP) is 0.805. The first kappa shape index (κ1) is 4.77. The minimum absolute atomic E-state index is 0.906. The van der Waals surface area contributed by atoms with Crippen LogP contribution in [0.3, 0.4) is 0 Å². The molecule has 2 bridgehead atoms. The van der Waals surface area contributed by atoms with Crippen molar-refractivity contribution >= 4 is 0 Å². The van der Waals surface area contributed by atoms with E-state index in [1.807, 2.05) is 11.7 Å². The summed E-state index contributed by atoms with van der Waals surface area (Å²) in [7, 11) is 0. The van der Waals surface area contributed by atoms with Crippen LogP contribution in [0.15, 0.2) is 0 Å². The van der Waals surface area contributed by atoms with Crippen LogP contribution >= 0.6 is 0 Å². The van der Waals surface area contributed by atoms with Gasteiger partial charge in [-0.15, -0.1) is 0 Å². The first-order chi connectivity index (χ1) is 3.95. The maximum absolute atomic E-state index is 5.18. The third-order valence-corrected chi connectivity index (χ3v) is 1.90. The van der Waals surface area contributed by atoms with Gasteiger partial charge in [0, 0.05) is 13.1 Å². The zero-order chi connectivity index (χ0) is 5.40. The zero-order valence-electron chi connectivity index (χ0n) is 4.84. The Morgan fingerprint density at radius 2 is 2.62 bits per heavy atom. The molecule has 0 spiro atoms. The number of nitrogens with zero attached hydrogens (tertiary/aromatic N) is 1. The lowest BCUT2D eigenvalue weighted by atomic mass is 10.1. The third-order valence-electron chi connectivity index (χ3n) is 1.90. The fourth-order valence-electron chi connectivity index (χ4n) is 1.37. The topological polar surface area (TPSA) is 12.5 Å². The predicted molar refractivity (Wildman–Crippen MR) is 29.7 cm³/mol. The molecule has 2 heterocycles. The average Bonchev–Trinajstić information content (AvgIpc) is 2.12. The molecule has 2 aliphatic heterocycles. The molecule has 0 aromatic rings.